The lowest BCUT2D eigenvalue weighted by atomic mass is 10.00. The Labute approximate surface area is 143 Å². The van der Waals surface area contributed by atoms with Crippen LogP contribution in [0.2, 0.25) is 10.0 Å². The van der Waals surface area contributed by atoms with E-state index in [9.17, 15) is 9.59 Å². The number of amides is 3. The number of halogens is 2. The molecule has 0 bridgehead atoms. The van der Waals surface area contributed by atoms with Gasteiger partial charge < -0.3 is 16.0 Å². The first kappa shape index (κ1) is 15.6. The Morgan fingerprint density at radius 2 is 1.70 bits per heavy atom. The zero-order chi connectivity index (χ0) is 16.4. The lowest BCUT2D eigenvalue weighted by Crippen LogP contribution is -2.32. The summed E-state index contributed by atoms with van der Waals surface area (Å²) >= 11 is 11.7. The summed E-state index contributed by atoms with van der Waals surface area (Å²) in [7, 11) is 0. The molecule has 3 N–H and O–H groups in total. The van der Waals surface area contributed by atoms with Crippen LogP contribution in [0.15, 0.2) is 36.4 Å². The van der Waals surface area contributed by atoms with Crippen LogP contribution in [0.4, 0.5) is 16.2 Å². The molecule has 1 aliphatic rings. The van der Waals surface area contributed by atoms with Gasteiger partial charge in [0, 0.05) is 23.5 Å². The van der Waals surface area contributed by atoms with Gasteiger partial charge in [-0.1, -0.05) is 29.3 Å². The van der Waals surface area contributed by atoms with Crippen molar-refractivity contribution in [1.82, 2.24) is 5.32 Å². The van der Waals surface area contributed by atoms with Crippen molar-refractivity contribution < 1.29 is 9.59 Å². The van der Waals surface area contributed by atoms with Gasteiger partial charge in [-0.2, -0.15) is 0 Å². The van der Waals surface area contributed by atoms with Crippen molar-refractivity contribution in [2.24, 2.45) is 0 Å². The molecule has 2 aromatic rings. The van der Waals surface area contributed by atoms with Crippen molar-refractivity contribution in [3.8, 4) is 0 Å². The fraction of sp³-hybridized carbons (Fsp3) is 0.125. The normalized spacial score (nSPS) is 13.0. The predicted molar refractivity (Wildman–Crippen MR) is 91.6 cm³/mol. The Balaban J connectivity index is 1.71. The Morgan fingerprint density at radius 1 is 1.00 bits per heavy atom. The third-order valence-corrected chi connectivity index (χ3v) is 4.21. The average molecular weight is 350 g/mol. The van der Waals surface area contributed by atoms with Crippen LogP contribution in [0, 0.1) is 0 Å². The number of anilines is 2. The van der Waals surface area contributed by atoms with Gasteiger partial charge in [-0.15, -0.1) is 0 Å². The smallest absolute Gasteiger partial charge is 0.323 e. The summed E-state index contributed by atoms with van der Waals surface area (Å²) in [4.78, 5) is 23.8. The van der Waals surface area contributed by atoms with Crippen LogP contribution in [-0.4, -0.2) is 18.5 Å². The number of rotatable bonds is 2. The van der Waals surface area contributed by atoms with Gasteiger partial charge in [-0.3, -0.25) is 4.79 Å². The fourth-order valence-electron chi connectivity index (χ4n) is 2.36. The lowest BCUT2D eigenvalue weighted by molar-refractivity contribution is 0.0946. The van der Waals surface area contributed by atoms with E-state index in [2.05, 4.69) is 16.0 Å². The minimum Gasteiger partial charge on any atom is -0.352 e. The summed E-state index contributed by atoms with van der Waals surface area (Å²) in [6.07, 6.45) is 0.789. The maximum absolute atomic E-state index is 12.0. The Kier molecular flexibility index (Phi) is 4.41. The third-order valence-electron chi connectivity index (χ3n) is 3.47. The van der Waals surface area contributed by atoms with Gasteiger partial charge in [-0.25, -0.2) is 4.79 Å². The molecule has 0 saturated carbocycles. The molecule has 0 aromatic heterocycles. The summed E-state index contributed by atoms with van der Waals surface area (Å²) < 4.78 is 0. The van der Waals surface area contributed by atoms with Crippen LogP contribution in [0.25, 0.3) is 0 Å². The minimum absolute atomic E-state index is 0.125. The first-order valence-corrected chi connectivity index (χ1v) is 7.73. The number of urea groups is 1. The number of carbonyl (C=O) groups excluding carboxylic acids is 2. The van der Waals surface area contributed by atoms with E-state index in [1.807, 2.05) is 6.07 Å². The standard InChI is InChI=1S/C16H13Cl2N3O2/c17-13-4-3-11(8-14(13)18)21-16(23)20-10-2-1-9-5-6-19-15(22)12(9)7-10/h1-4,7-8H,5-6H2,(H,19,22)(H2,20,21,23). The largest absolute Gasteiger partial charge is 0.352 e. The highest BCUT2D eigenvalue weighted by molar-refractivity contribution is 6.42. The van der Waals surface area contributed by atoms with E-state index >= 15 is 0 Å². The molecule has 0 spiro atoms. The molecule has 1 heterocycles. The number of fused-ring (bicyclic) bond motifs is 1. The van der Waals surface area contributed by atoms with Crippen LogP contribution in [0.1, 0.15) is 15.9 Å². The van der Waals surface area contributed by atoms with Gasteiger partial charge >= 0.3 is 6.03 Å². The Morgan fingerprint density at radius 3 is 2.43 bits per heavy atom. The molecular weight excluding hydrogens is 337 g/mol. The lowest BCUT2D eigenvalue weighted by Gasteiger charge is -2.17. The van der Waals surface area contributed by atoms with E-state index in [1.165, 1.54) is 0 Å². The van der Waals surface area contributed by atoms with Crippen LogP contribution < -0.4 is 16.0 Å². The van der Waals surface area contributed by atoms with Gasteiger partial charge in [0.05, 0.1) is 10.0 Å². The van der Waals surface area contributed by atoms with E-state index in [1.54, 1.807) is 30.3 Å². The van der Waals surface area contributed by atoms with Gasteiger partial charge in [-0.05, 0) is 42.3 Å². The van der Waals surface area contributed by atoms with Gasteiger partial charge in [0.1, 0.15) is 0 Å². The molecule has 0 unspecified atom stereocenters. The summed E-state index contributed by atoms with van der Waals surface area (Å²) in [6.45, 7) is 0.635. The molecule has 5 nitrogen and oxygen atoms in total. The van der Waals surface area contributed by atoms with Crippen LogP contribution >= 0.6 is 23.2 Å². The van der Waals surface area contributed by atoms with Gasteiger partial charge in [0.2, 0.25) is 0 Å². The molecule has 118 valence electrons. The quantitative estimate of drug-likeness (QED) is 0.768. The molecule has 1 aliphatic heterocycles. The SMILES string of the molecule is O=C(Nc1ccc(Cl)c(Cl)c1)Nc1ccc2c(c1)C(=O)NCC2. The zero-order valence-corrected chi connectivity index (χ0v) is 13.5. The topological polar surface area (TPSA) is 70.2 Å². The van der Waals surface area contributed by atoms with Crippen molar-refractivity contribution in [1.29, 1.82) is 0 Å². The molecule has 3 amide bonds. The first-order valence-electron chi connectivity index (χ1n) is 6.97. The van der Waals surface area contributed by atoms with Crippen LogP contribution in [0.5, 0.6) is 0 Å². The maximum atomic E-state index is 12.0. The highest BCUT2D eigenvalue weighted by Crippen LogP contribution is 2.25. The maximum Gasteiger partial charge on any atom is 0.323 e. The number of hydrogen-bond acceptors (Lipinski definition) is 2. The van der Waals surface area contributed by atoms with Crippen molar-refractivity contribution >= 4 is 46.5 Å². The first-order chi connectivity index (χ1) is 11.0. The third kappa shape index (κ3) is 3.57. The Bertz CT molecular complexity index is 793. The fourth-order valence-corrected chi connectivity index (χ4v) is 2.65. The highest BCUT2D eigenvalue weighted by Gasteiger charge is 2.17. The number of hydrogen-bond donors (Lipinski definition) is 3. The monoisotopic (exact) mass is 349 g/mol. The minimum atomic E-state index is -0.431. The molecule has 0 aliphatic carbocycles. The predicted octanol–water partition coefficient (Wildman–Crippen LogP) is 3.92. The molecule has 3 rings (SSSR count). The van der Waals surface area contributed by atoms with Crippen LogP contribution in [0.3, 0.4) is 0 Å². The number of benzene rings is 2. The van der Waals surface area contributed by atoms with Crippen LogP contribution in [-0.2, 0) is 6.42 Å². The second kappa shape index (κ2) is 6.48. The molecular formula is C16H13Cl2N3O2. The van der Waals surface area contributed by atoms with E-state index in [4.69, 9.17) is 23.2 Å². The molecule has 0 radical (unpaired) electrons. The van der Waals surface area contributed by atoms with Crippen molar-refractivity contribution in [3.63, 3.8) is 0 Å². The van der Waals surface area contributed by atoms with E-state index in [-0.39, 0.29) is 5.91 Å². The van der Waals surface area contributed by atoms with Crippen molar-refractivity contribution in [2.75, 3.05) is 17.2 Å². The molecule has 7 heteroatoms. The summed E-state index contributed by atoms with van der Waals surface area (Å²) in [6, 6.07) is 9.66. The molecule has 0 saturated heterocycles. The molecule has 23 heavy (non-hydrogen) atoms. The average Bonchev–Trinajstić information content (AvgIpc) is 2.52. The second-order valence-electron chi connectivity index (χ2n) is 5.09. The molecule has 0 fully saturated rings. The summed E-state index contributed by atoms with van der Waals surface area (Å²) in [5.74, 6) is -0.125. The summed E-state index contributed by atoms with van der Waals surface area (Å²) in [5, 5.41) is 8.89. The van der Waals surface area contributed by atoms with E-state index < -0.39 is 6.03 Å². The number of nitrogens with one attached hydrogen (secondary N) is 3. The van der Waals surface area contributed by atoms with Gasteiger partial charge in [0.25, 0.3) is 5.91 Å². The summed E-state index contributed by atoms with van der Waals surface area (Å²) in [5.41, 5.74) is 2.62. The second-order valence-corrected chi connectivity index (χ2v) is 5.90. The van der Waals surface area contributed by atoms with E-state index in [0.29, 0.717) is 33.5 Å². The zero-order valence-electron chi connectivity index (χ0n) is 12.0. The number of carbonyl (C=O) groups is 2. The van der Waals surface area contributed by atoms with Crippen molar-refractivity contribution in [2.45, 2.75) is 6.42 Å². The highest BCUT2D eigenvalue weighted by atomic mass is 35.5. The molecule has 0 atom stereocenters. The molecule has 2 aromatic carbocycles. The van der Waals surface area contributed by atoms with E-state index in [0.717, 1.165) is 12.0 Å². The van der Waals surface area contributed by atoms with Gasteiger partial charge in [0.15, 0.2) is 0 Å². The van der Waals surface area contributed by atoms with Crippen molar-refractivity contribution in [3.05, 3.63) is 57.6 Å². The Hall–Kier alpha value is -2.24.